The van der Waals surface area contributed by atoms with Crippen LogP contribution in [-0.2, 0) is 0 Å². The molecule has 1 radical (unpaired) electrons. The first-order valence-corrected chi connectivity index (χ1v) is 2.44. The largest absolute Gasteiger partial charge is 0.0870 e. The van der Waals surface area contributed by atoms with Gasteiger partial charge >= 0.3 is 0 Å². The molecule has 0 aromatic rings. The standard InChI is InChI=1S/C6H9/c1-2-6-4-3-5-6/h3-4H,2,5H2,1H3. The van der Waals surface area contributed by atoms with Crippen molar-refractivity contribution in [3.05, 3.63) is 18.1 Å². The second kappa shape index (κ2) is 1.46. The van der Waals surface area contributed by atoms with Gasteiger partial charge in [-0.05, 0) is 12.8 Å². The van der Waals surface area contributed by atoms with E-state index in [2.05, 4.69) is 19.1 Å². The second-order valence-corrected chi connectivity index (χ2v) is 1.62. The van der Waals surface area contributed by atoms with Crippen LogP contribution < -0.4 is 0 Å². The van der Waals surface area contributed by atoms with Crippen LogP contribution in [0.4, 0.5) is 0 Å². The van der Waals surface area contributed by atoms with Crippen LogP contribution in [0.25, 0.3) is 0 Å². The highest BCUT2D eigenvalue weighted by Crippen LogP contribution is 2.21. The average Bonchev–Trinajstić information content (AvgIpc) is 1.31. The van der Waals surface area contributed by atoms with E-state index in [-0.39, 0.29) is 0 Å². The Hall–Kier alpha value is -0.260. The van der Waals surface area contributed by atoms with Gasteiger partial charge in [0.25, 0.3) is 0 Å². The maximum atomic E-state index is 2.19. The Balaban J connectivity index is 2.21. The highest BCUT2D eigenvalue weighted by atomic mass is 14.1. The van der Waals surface area contributed by atoms with Crippen LogP contribution in [0.5, 0.6) is 0 Å². The summed E-state index contributed by atoms with van der Waals surface area (Å²) in [6.45, 7) is 2.19. The Morgan fingerprint density at radius 2 is 2.50 bits per heavy atom. The van der Waals surface area contributed by atoms with Crippen LogP contribution in [-0.4, -0.2) is 0 Å². The fraction of sp³-hybridized carbons (Fsp3) is 0.500. The molecule has 33 valence electrons. The summed E-state index contributed by atoms with van der Waals surface area (Å²) in [4.78, 5) is 0. The Labute approximate surface area is 38.9 Å². The van der Waals surface area contributed by atoms with Crippen LogP contribution in [0.3, 0.4) is 0 Å². The van der Waals surface area contributed by atoms with Crippen LogP contribution in [0.15, 0.2) is 12.2 Å². The Kier molecular flexibility index (Phi) is 0.952. The van der Waals surface area contributed by atoms with Gasteiger partial charge in [-0.1, -0.05) is 19.1 Å². The quantitative estimate of drug-likeness (QED) is 0.452. The Morgan fingerprint density at radius 1 is 1.83 bits per heavy atom. The second-order valence-electron chi connectivity index (χ2n) is 1.62. The van der Waals surface area contributed by atoms with E-state index in [1.54, 1.807) is 5.92 Å². The highest BCUT2D eigenvalue weighted by Gasteiger charge is 2.05. The van der Waals surface area contributed by atoms with E-state index >= 15 is 0 Å². The molecule has 0 aromatic carbocycles. The molecule has 0 fully saturated rings. The number of allylic oxidation sites excluding steroid dienone is 2. The number of hydrogen-bond acceptors (Lipinski definition) is 0. The fourth-order valence-corrected chi connectivity index (χ4v) is 0.547. The van der Waals surface area contributed by atoms with Gasteiger partial charge in [0.1, 0.15) is 0 Å². The normalized spacial score (nSPS) is 20.8. The molecule has 0 amide bonds. The summed E-state index contributed by atoms with van der Waals surface area (Å²) in [6, 6.07) is 0. The molecule has 0 N–H and O–H groups in total. The predicted molar refractivity (Wildman–Crippen MR) is 27.3 cm³/mol. The van der Waals surface area contributed by atoms with Crippen molar-refractivity contribution in [3.63, 3.8) is 0 Å². The van der Waals surface area contributed by atoms with Crippen molar-refractivity contribution in [2.75, 3.05) is 0 Å². The summed E-state index contributed by atoms with van der Waals surface area (Å²) < 4.78 is 0. The molecule has 0 saturated heterocycles. The molecule has 6 heavy (non-hydrogen) atoms. The first-order chi connectivity index (χ1) is 2.93. The molecule has 0 heteroatoms. The van der Waals surface area contributed by atoms with E-state index in [1.807, 2.05) is 0 Å². The summed E-state index contributed by atoms with van der Waals surface area (Å²) >= 11 is 0. The third-order valence-electron chi connectivity index (χ3n) is 1.19. The fourth-order valence-electron chi connectivity index (χ4n) is 0.547. The molecule has 1 aliphatic rings. The van der Waals surface area contributed by atoms with Gasteiger partial charge in [0, 0.05) is 5.92 Å². The van der Waals surface area contributed by atoms with Gasteiger partial charge < -0.3 is 0 Å². The van der Waals surface area contributed by atoms with E-state index in [0.29, 0.717) is 0 Å². The van der Waals surface area contributed by atoms with Crippen molar-refractivity contribution in [3.8, 4) is 0 Å². The van der Waals surface area contributed by atoms with Gasteiger partial charge in [-0.2, -0.15) is 0 Å². The molecule has 0 spiro atoms. The maximum absolute atomic E-state index is 2.19. The molecule has 1 aliphatic carbocycles. The molecule has 0 bridgehead atoms. The lowest BCUT2D eigenvalue weighted by molar-refractivity contribution is 0.866. The smallest absolute Gasteiger partial charge is 0.000735 e. The molecule has 0 heterocycles. The zero-order valence-electron chi connectivity index (χ0n) is 4.07. The number of rotatable bonds is 1. The molecule has 1 rings (SSSR count). The topological polar surface area (TPSA) is 0 Å². The molecule has 0 aromatic heterocycles. The maximum Gasteiger partial charge on any atom is 0.000735 e. The average molecular weight is 81.1 g/mol. The van der Waals surface area contributed by atoms with Crippen molar-refractivity contribution in [2.45, 2.75) is 19.8 Å². The summed E-state index contributed by atoms with van der Waals surface area (Å²) in [5.74, 6) is 1.59. The van der Waals surface area contributed by atoms with E-state index in [9.17, 15) is 0 Å². The van der Waals surface area contributed by atoms with E-state index < -0.39 is 0 Å². The molecule has 0 nitrogen and oxygen atoms in total. The van der Waals surface area contributed by atoms with E-state index in [0.717, 1.165) is 0 Å². The molecular weight excluding hydrogens is 72.1 g/mol. The van der Waals surface area contributed by atoms with Gasteiger partial charge in [-0.3, -0.25) is 0 Å². The minimum Gasteiger partial charge on any atom is -0.0870 e. The van der Waals surface area contributed by atoms with E-state index in [1.165, 1.54) is 12.8 Å². The first-order valence-electron chi connectivity index (χ1n) is 2.44. The Morgan fingerprint density at radius 3 is 2.50 bits per heavy atom. The van der Waals surface area contributed by atoms with Gasteiger partial charge in [-0.15, -0.1) is 0 Å². The first kappa shape index (κ1) is 3.91. The summed E-state index contributed by atoms with van der Waals surface area (Å²) in [7, 11) is 0. The van der Waals surface area contributed by atoms with Crippen LogP contribution in [0.1, 0.15) is 19.8 Å². The molecule has 0 saturated carbocycles. The predicted octanol–water partition coefficient (Wildman–Crippen LogP) is 1.93. The van der Waals surface area contributed by atoms with Gasteiger partial charge in [-0.25, -0.2) is 0 Å². The molecular formula is C6H9. The third kappa shape index (κ3) is 0.469. The van der Waals surface area contributed by atoms with Crippen LogP contribution in [0.2, 0.25) is 0 Å². The van der Waals surface area contributed by atoms with Crippen molar-refractivity contribution in [2.24, 2.45) is 0 Å². The highest BCUT2D eigenvalue weighted by molar-refractivity contribution is 5.22. The lowest BCUT2D eigenvalue weighted by Crippen LogP contribution is -1.95. The van der Waals surface area contributed by atoms with Crippen molar-refractivity contribution in [1.29, 1.82) is 0 Å². The monoisotopic (exact) mass is 81.1 g/mol. The van der Waals surface area contributed by atoms with Gasteiger partial charge in [0.05, 0.1) is 0 Å². The Bertz CT molecular complexity index is 62.4. The van der Waals surface area contributed by atoms with Crippen molar-refractivity contribution < 1.29 is 0 Å². The molecule has 0 atom stereocenters. The molecule has 0 aliphatic heterocycles. The third-order valence-corrected chi connectivity index (χ3v) is 1.19. The van der Waals surface area contributed by atoms with E-state index in [4.69, 9.17) is 0 Å². The van der Waals surface area contributed by atoms with Crippen molar-refractivity contribution >= 4 is 0 Å². The minimum absolute atomic E-state index is 1.25. The minimum atomic E-state index is 1.25. The summed E-state index contributed by atoms with van der Waals surface area (Å²) in [5, 5.41) is 0. The summed E-state index contributed by atoms with van der Waals surface area (Å²) in [6.07, 6.45) is 6.88. The van der Waals surface area contributed by atoms with Crippen LogP contribution in [0, 0.1) is 5.92 Å². The zero-order chi connectivity index (χ0) is 4.41. The molecule has 0 unspecified atom stereocenters. The summed E-state index contributed by atoms with van der Waals surface area (Å²) in [5.41, 5.74) is 0. The zero-order valence-corrected chi connectivity index (χ0v) is 4.07. The van der Waals surface area contributed by atoms with Crippen molar-refractivity contribution in [1.82, 2.24) is 0 Å². The SMILES string of the molecule is CC[C]1C=CC1. The van der Waals surface area contributed by atoms with Gasteiger partial charge in [0.15, 0.2) is 0 Å². The lowest BCUT2D eigenvalue weighted by Gasteiger charge is -2.12. The number of hydrogen-bond donors (Lipinski definition) is 0. The van der Waals surface area contributed by atoms with Crippen LogP contribution >= 0.6 is 0 Å². The lowest BCUT2D eigenvalue weighted by atomic mass is 9.93. The van der Waals surface area contributed by atoms with Gasteiger partial charge in [0.2, 0.25) is 0 Å².